The maximum absolute atomic E-state index is 12.1. The van der Waals surface area contributed by atoms with Gasteiger partial charge in [-0.15, -0.1) is 0 Å². The smallest absolute Gasteiger partial charge is 0.480 e. The lowest BCUT2D eigenvalue weighted by molar-refractivity contribution is -0.152. The molecule has 0 fully saturated rings. The highest BCUT2D eigenvalue weighted by molar-refractivity contribution is 5.74. The Kier molecular flexibility index (Phi) is 12.7. The minimum Gasteiger partial charge on any atom is -0.480 e. The highest BCUT2D eigenvalue weighted by Crippen LogP contribution is 2.30. The van der Waals surface area contributed by atoms with Crippen LogP contribution in [0, 0.1) is 5.92 Å². The largest absolute Gasteiger partial charge is 0.514 e. The van der Waals surface area contributed by atoms with Crippen LogP contribution in [-0.2, 0) is 30.2 Å². The van der Waals surface area contributed by atoms with Crippen molar-refractivity contribution in [2.45, 2.75) is 85.7 Å². The van der Waals surface area contributed by atoms with Gasteiger partial charge >= 0.3 is 24.2 Å². The van der Waals surface area contributed by atoms with E-state index in [-0.39, 0.29) is 36.4 Å². The van der Waals surface area contributed by atoms with Gasteiger partial charge in [-0.25, -0.2) is 9.59 Å². The molecule has 0 aromatic heterocycles. The monoisotopic (exact) mass is 511 g/mol. The molecule has 2 N–H and O–H groups in total. The Morgan fingerprint density at radius 1 is 0.861 bits per heavy atom. The second-order valence-corrected chi connectivity index (χ2v) is 8.88. The number of nitrogens with one attached hydrogen (secondary N) is 1. The number of carbonyl (C=O) groups is 4. The molecule has 0 aliphatic heterocycles. The summed E-state index contributed by atoms with van der Waals surface area (Å²) in [5, 5.41) is 12.5. The number of benzene rings is 1. The summed E-state index contributed by atoms with van der Waals surface area (Å²) in [6.07, 6.45) is -2.80. The van der Waals surface area contributed by atoms with Crippen molar-refractivity contribution in [2.75, 3.05) is 6.54 Å². The first-order chi connectivity index (χ1) is 16.8. The van der Waals surface area contributed by atoms with Crippen LogP contribution < -0.4 is 14.8 Å². The van der Waals surface area contributed by atoms with E-state index in [1.807, 2.05) is 6.92 Å². The zero-order valence-corrected chi connectivity index (χ0v) is 21.9. The number of ether oxygens (including phenoxy) is 5. The third-order valence-electron chi connectivity index (χ3n) is 4.78. The minimum absolute atomic E-state index is 0.00628. The summed E-state index contributed by atoms with van der Waals surface area (Å²) in [6, 6.07) is 3.24. The fourth-order valence-corrected chi connectivity index (χ4v) is 2.77. The summed E-state index contributed by atoms with van der Waals surface area (Å²) < 4.78 is 25.6. The number of carbonyl (C=O) groups excluding carboxylic acids is 3. The molecule has 0 saturated carbocycles. The number of esters is 1. The zero-order chi connectivity index (χ0) is 27.4. The van der Waals surface area contributed by atoms with Crippen molar-refractivity contribution in [3.8, 4) is 11.5 Å². The van der Waals surface area contributed by atoms with Gasteiger partial charge in [-0.2, -0.15) is 0 Å². The molecule has 11 heteroatoms. The molecule has 0 spiro atoms. The summed E-state index contributed by atoms with van der Waals surface area (Å²) in [5.41, 5.74) is 0.469. The van der Waals surface area contributed by atoms with E-state index >= 15 is 0 Å². The highest BCUT2D eigenvalue weighted by atomic mass is 16.7. The number of carboxylic acid groups (broad SMARTS) is 1. The SMILES string of the molecule is CCC(C)C(=O)OC(C)CN[C@@H](Cc1ccc(OC(=O)OC(C)C)c(OC(=O)OC(C)C)c1)C(=O)O. The maximum atomic E-state index is 12.1. The van der Waals surface area contributed by atoms with Crippen molar-refractivity contribution in [3.05, 3.63) is 23.8 Å². The topological polar surface area (TPSA) is 147 Å². The van der Waals surface area contributed by atoms with Crippen LogP contribution in [0.4, 0.5) is 9.59 Å². The molecule has 0 radical (unpaired) electrons. The predicted octanol–water partition coefficient (Wildman–Crippen LogP) is 4.10. The standard InChI is InChI=1S/C25H37NO10/c1-8-16(6)23(29)34-17(7)13-26-19(22(27)28)11-18-9-10-20(35-24(30)32-14(2)3)21(12-18)36-25(31)33-15(4)5/h9-10,12,14-17,19,26H,8,11,13H2,1-7H3,(H,27,28)/t16?,17?,19-/m0/s1. The summed E-state index contributed by atoms with van der Waals surface area (Å²) in [7, 11) is 0. The first kappa shape index (κ1) is 30.7. The van der Waals surface area contributed by atoms with E-state index < -0.39 is 42.6 Å². The zero-order valence-electron chi connectivity index (χ0n) is 21.9. The molecule has 1 aromatic carbocycles. The van der Waals surface area contributed by atoms with Crippen LogP contribution in [0.25, 0.3) is 0 Å². The number of hydrogen-bond acceptors (Lipinski definition) is 10. The first-order valence-corrected chi connectivity index (χ1v) is 11.9. The van der Waals surface area contributed by atoms with Crippen molar-refractivity contribution in [3.63, 3.8) is 0 Å². The molecule has 0 amide bonds. The lowest BCUT2D eigenvalue weighted by atomic mass is 10.0. The molecule has 0 heterocycles. The number of aliphatic carboxylic acids is 1. The van der Waals surface area contributed by atoms with Crippen LogP contribution >= 0.6 is 0 Å². The van der Waals surface area contributed by atoms with Crippen molar-refractivity contribution in [1.82, 2.24) is 5.32 Å². The van der Waals surface area contributed by atoms with Crippen molar-refractivity contribution in [2.24, 2.45) is 5.92 Å². The Balaban J connectivity index is 3.00. The number of hydrogen-bond donors (Lipinski definition) is 2. The Morgan fingerprint density at radius 3 is 1.92 bits per heavy atom. The maximum Gasteiger partial charge on any atom is 0.514 e. The van der Waals surface area contributed by atoms with Crippen LogP contribution in [-0.4, -0.2) is 60.3 Å². The molecular formula is C25H37NO10. The molecule has 36 heavy (non-hydrogen) atoms. The number of rotatable bonds is 13. The second-order valence-electron chi connectivity index (χ2n) is 8.88. The molecule has 0 bridgehead atoms. The molecule has 3 atom stereocenters. The van der Waals surface area contributed by atoms with E-state index in [1.165, 1.54) is 18.2 Å². The number of carboxylic acids is 1. The van der Waals surface area contributed by atoms with Crippen LogP contribution in [0.5, 0.6) is 11.5 Å². The first-order valence-electron chi connectivity index (χ1n) is 11.9. The van der Waals surface area contributed by atoms with Crippen molar-refractivity contribution < 1.29 is 48.0 Å². The van der Waals surface area contributed by atoms with Gasteiger partial charge < -0.3 is 34.1 Å². The highest BCUT2D eigenvalue weighted by Gasteiger charge is 2.23. The van der Waals surface area contributed by atoms with E-state index in [0.717, 1.165) is 0 Å². The van der Waals surface area contributed by atoms with Gasteiger partial charge in [0.25, 0.3) is 0 Å². The predicted molar refractivity (Wildman–Crippen MR) is 129 cm³/mol. The third kappa shape index (κ3) is 11.4. The molecule has 0 aliphatic rings. The molecular weight excluding hydrogens is 474 g/mol. The molecule has 2 unspecified atom stereocenters. The summed E-state index contributed by atoms with van der Waals surface area (Å²) >= 11 is 0. The van der Waals surface area contributed by atoms with Crippen molar-refractivity contribution >= 4 is 24.2 Å². The van der Waals surface area contributed by atoms with Gasteiger partial charge in [0.1, 0.15) is 12.1 Å². The Bertz CT molecular complexity index is 899. The lowest BCUT2D eigenvalue weighted by Gasteiger charge is -2.20. The lowest BCUT2D eigenvalue weighted by Crippen LogP contribution is -2.43. The summed E-state index contributed by atoms with van der Waals surface area (Å²) in [6.45, 7) is 12.0. The summed E-state index contributed by atoms with van der Waals surface area (Å²) in [4.78, 5) is 47.8. The van der Waals surface area contributed by atoms with E-state index in [9.17, 15) is 24.3 Å². The van der Waals surface area contributed by atoms with E-state index in [2.05, 4.69) is 5.32 Å². The van der Waals surface area contributed by atoms with Gasteiger partial charge in [-0.3, -0.25) is 9.59 Å². The van der Waals surface area contributed by atoms with Gasteiger partial charge in [0.15, 0.2) is 11.5 Å². The Morgan fingerprint density at radius 2 is 1.42 bits per heavy atom. The Labute approximate surface area is 211 Å². The van der Waals surface area contributed by atoms with Gasteiger partial charge in [-0.1, -0.05) is 19.9 Å². The molecule has 1 aromatic rings. The van der Waals surface area contributed by atoms with E-state index in [0.29, 0.717) is 12.0 Å². The van der Waals surface area contributed by atoms with Gasteiger partial charge in [0.05, 0.1) is 18.1 Å². The average molecular weight is 512 g/mol. The van der Waals surface area contributed by atoms with E-state index in [1.54, 1.807) is 41.5 Å². The molecule has 0 aliphatic carbocycles. The summed E-state index contributed by atoms with van der Waals surface area (Å²) in [5.74, 6) is -1.96. The molecule has 1 rings (SSSR count). The molecule has 0 saturated heterocycles. The fourth-order valence-electron chi connectivity index (χ4n) is 2.77. The van der Waals surface area contributed by atoms with Crippen LogP contribution in [0.15, 0.2) is 18.2 Å². The quantitative estimate of drug-likeness (QED) is 0.224. The second kappa shape index (κ2) is 14.9. The molecule has 202 valence electrons. The fraction of sp³-hybridized carbons (Fsp3) is 0.600. The van der Waals surface area contributed by atoms with Gasteiger partial charge in [-0.05, 0) is 65.2 Å². The normalized spacial score (nSPS) is 13.5. The van der Waals surface area contributed by atoms with Gasteiger partial charge in [0, 0.05) is 6.54 Å². The third-order valence-corrected chi connectivity index (χ3v) is 4.78. The van der Waals surface area contributed by atoms with E-state index in [4.69, 9.17) is 23.7 Å². The average Bonchev–Trinajstić information content (AvgIpc) is 2.76. The van der Waals surface area contributed by atoms with Gasteiger partial charge in [0.2, 0.25) is 0 Å². The Hall–Kier alpha value is -3.34. The van der Waals surface area contributed by atoms with Crippen LogP contribution in [0.2, 0.25) is 0 Å². The molecule has 11 nitrogen and oxygen atoms in total. The van der Waals surface area contributed by atoms with Crippen LogP contribution in [0.1, 0.15) is 60.5 Å². The van der Waals surface area contributed by atoms with Crippen LogP contribution in [0.3, 0.4) is 0 Å². The minimum atomic E-state index is -1.13. The van der Waals surface area contributed by atoms with Crippen molar-refractivity contribution in [1.29, 1.82) is 0 Å².